The fourth-order valence-corrected chi connectivity index (χ4v) is 3.43. The molecule has 0 saturated carbocycles. The van der Waals surface area contributed by atoms with Crippen LogP contribution in [0.5, 0.6) is 0 Å². The van der Waals surface area contributed by atoms with Crippen LogP contribution in [-0.2, 0) is 0 Å². The summed E-state index contributed by atoms with van der Waals surface area (Å²) in [7, 11) is 2.24. The van der Waals surface area contributed by atoms with Gasteiger partial charge in [-0.25, -0.2) is 0 Å². The zero-order chi connectivity index (χ0) is 14.5. The monoisotopic (exact) mass is 275 g/mol. The molecule has 0 radical (unpaired) electrons. The maximum Gasteiger partial charge on any atom is 0.0496 e. The summed E-state index contributed by atoms with van der Waals surface area (Å²) in [4.78, 5) is 5.04. The van der Waals surface area contributed by atoms with Crippen LogP contribution in [-0.4, -0.2) is 48.6 Å². The number of likely N-dealkylation sites (tertiary alicyclic amines) is 1. The molecule has 1 aromatic rings. The summed E-state index contributed by atoms with van der Waals surface area (Å²) in [6.45, 7) is 7.97. The first-order valence-electron chi connectivity index (χ1n) is 7.88. The molecule has 0 spiro atoms. The van der Waals surface area contributed by atoms with Gasteiger partial charge in [0.25, 0.3) is 0 Å². The Kier molecular flexibility index (Phi) is 5.58. The highest BCUT2D eigenvalue weighted by Crippen LogP contribution is 2.27. The van der Waals surface area contributed by atoms with Gasteiger partial charge >= 0.3 is 0 Å². The van der Waals surface area contributed by atoms with Gasteiger partial charge in [0.2, 0.25) is 0 Å². The van der Waals surface area contributed by atoms with Crippen molar-refractivity contribution in [2.75, 3.05) is 26.7 Å². The van der Waals surface area contributed by atoms with Crippen molar-refractivity contribution in [3.05, 3.63) is 35.9 Å². The van der Waals surface area contributed by atoms with Crippen molar-refractivity contribution in [2.24, 2.45) is 5.73 Å². The summed E-state index contributed by atoms with van der Waals surface area (Å²) in [5.74, 6) is 0. The topological polar surface area (TPSA) is 32.5 Å². The summed E-state index contributed by atoms with van der Waals surface area (Å²) in [6.07, 6.45) is 2.50. The SMILES string of the molecule is CCN1CCC(N(C)C(c2ccccc2)C(C)N)CC1. The lowest BCUT2D eigenvalue weighted by Crippen LogP contribution is -2.48. The van der Waals surface area contributed by atoms with Crippen LogP contribution >= 0.6 is 0 Å². The Hall–Kier alpha value is -0.900. The fraction of sp³-hybridized carbons (Fsp3) is 0.647. The number of benzene rings is 1. The molecule has 0 bridgehead atoms. The Labute approximate surface area is 123 Å². The van der Waals surface area contributed by atoms with Gasteiger partial charge in [-0.3, -0.25) is 4.90 Å². The molecule has 112 valence electrons. The molecule has 3 nitrogen and oxygen atoms in total. The van der Waals surface area contributed by atoms with Crippen molar-refractivity contribution in [1.29, 1.82) is 0 Å². The van der Waals surface area contributed by atoms with Crippen LogP contribution in [0.15, 0.2) is 30.3 Å². The molecule has 2 atom stereocenters. The molecular weight excluding hydrogens is 246 g/mol. The Balaban J connectivity index is 2.07. The summed E-state index contributed by atoms with van der Waals surface area (Å²) in [6, 6.07) is 11.8. The van der Waals surface area contributed by atoms with E-state index in [1.807, 2.05) is 0 Å². The Bertz CT molecular complexity index is 382. The smallest absolute Gasteiger partial charge is 0.0496 e. The minimum absolute atomic E-state index is 0.145. The van der Waals surface area contributed by atoms with Crippen molar-refractivity contribution in [1.82, 2.24) is 9.80 Å². The van der Waals surface area contributed by atoms with Crippen molar-refractivity contribution < 1.29 is 0 Å². The van der Waals surface area contributed by atoms with Crippen LogP contribution in [0.2, 0.25) is 0 Å². The molecule has 0 aliphatic carbocycles. The molecular formula is C17H29N3. The molecule has 1 aromatic carbocycles. The second-order valence-corrected chi connectivity index (χ2v) is 6.05. The molecule has 1 saturated heterocycles. The lowest BCUT2D eigenvalue weighted by Gasteiger charge is -2.41. The van der Waals surface area contributed by atoms with E-state index in [9.17, 15) is 0 Å². The average molecular weight is 275 g/mol. The molecule has 2 rings (SSSR count). The van der Waals surface area contributed by atoms with E-state index in [0.717, 1.165) is 0 Å². The molecule has 1 heterocycles. The van der Waals surface area contributed by atoms with Gasteiger partial charge in [-0.1, -0.05) is 37.3 Å². The minimum Gasteiger partial charge on any atom is -0.326 e. The number of likely N-dealkylation sites (N-methyl/N-ethyl adjacent to an activating group) is 1. The van der Waals surface area contributed by atoms with Gasteiger partial charge in [0.05, 0.1) is 0 Å². The Morgan fingerprint density at radius 3 is 2.35 bits per heavy atom. The lowest BCUT2D eigenvalue weighted by atomic mass is 9.95. The first kappa shape index (κ1) is 15.5. The first-order valence-corrected chi connectivity index (χ1v) is 7.88. The number of hydrogen-bond acceptors (Lipinski definition) is 3. The van der Waals surface area contributed by atoms with Crippen LogP contribution in [0.4, 0.5) is 0 Å². The predicted molar refractivity (Wildman–Crippen MR) is 85.7 cm³/mol. The van der Waals surface area contributed by atoms with Crippen molar-refractivity contribution in [2.45, 2.75) is 44.8 Å². The highest BCUT2D eigenvalue weighted by molar-refractivity contribution is 5.20. The maximum atomic E-state index is 6.28. The summed E-state index contributed by atoms with van der Waals surface area (Å²) >= 11 is 0. The quantitative estimate of drug-likeness (QED) is 0.896. The van der Waals surface area contributed by atoms with Crippen LogP contribution in [0.3, 0.4) is 0 Å². The number of nitrogens with two attached hydrogens (primary N) is 1. The van der Waals surface area contributed by atoms with E-state index >= 15 is 0 Å². The van der Waals surface area contributed by atoms with Crippen LogP contribution in [0.25, 0.3) is 0 Å². The van der Waals surface area contributed by atoms with E-state index in [2.05, 4.69) is 61.0 Å². The zero-order valence-corrected chi connectivity index (χ0v) is 13.1. The number of nitrogens with zero attached hydrogens (tertiary/aromatic N) is 2. The molecule has 1 aliphatic heterocycles. The predicted octanol–water partition coefficient (Wildman–Crippen LogP) is 2.49. The van der Waals surface area contributed by atoms with Gasteiger partial charge < -0.3 is 10.6 Å². The maximum absolute atomic E-state index is 6.28. The summed E-state index contributed by atoms with van der Waals surface area (Å²) in [5.41, 5.74) is 7.61. The highest BCUT2D eigenvalue weighted by Gasteiger charge is 2.29. The largest absolute Gasteiger partial charge is 0.326 e. The van der Waals surface area contributed by atoms with Gasteiger partial charge in [0, 0.05) is 18.1 Å². The van der Waals surface area contributed by atoms with E-state index < -0.39 is 0 Å². The van der Waals surface area contributed by atoms with Gasteiger partial charge in [0.1, 0.15) is 0 Å². The highest BCUT2D eigenvalue weighted by atomic mass is 15.2. The summed E-state index contributed by atoms with van der Waals surface area (Å²) in [5, 5.41) is 0. The average Bonchev–Trinajstić information content (AvgIpc) is 2.48. The Morgan fingerprint density at radius 1 is 1.25 bits per heavy atom. The van der Waals surface area contributed by atoms with E-state index in [1.54, 1.807) is 0 Å². The third-order valence-corrected chi connectivity index (χ3v) is 4.66. The molecule has 20 heavy (non-hydrogen) atoms. The minimum atomic E-state index is 0.145. The van der Waals surface area contributed by atoms with Gasteiger partial charge in [0.15, 0.2) is 0 Å². The third-order valence-electron chi connectivity index (χ3n) is 4.66. The van der Waals surface area contributed by atoms with E-state index in [0.29, 0.717) is 12.1 Å². The van der Waals surface area contributed by atoms with E-state index in [4.69, 9.17) is 5.73 Å². The fourth-order valence-electron chi connectivity index (χ4n) is 3.43. The Morgan fingerprint density at radius 2 is 1.85 bits per heavy atom. The molecule has 3 heteroatoms. The third kappa shape index (κ3) is 3.60. The number of rotatable bonds is 5. The van der Waals surface area contributed by atoms with Crippen LogP contribution in [0.1, 0.15) is 38.3 Å². The number of piperidine rings is 1. The van der Waals surface area contributed by atoms with Crippen molar-refractivity contribution >= 4 is 0 Å². The normalized spacial score (nSPS) is 21.1. The molecule has 0 amide bonds. The van der Waals surface area contributed by atoms with Gasteiger partial charge in [-0.15, -0.1) is 0 Å². The second-order valence-electron chi connectivity index (χ2n) is 6.05. The first-order chi connectivity index (χ1) is 9.63. The molecule has 0 aromatic heterocycles. The van der Waals surface area contributed by atoms with Crippen LogP contribution < -0.4 is 5.73 Å². The standard InChI is InChI=1S/C17H29N3/c1-4-20-12-10-16(11-13-20)19(3)17(14(2)18)15-8-6-5-7-9-15/h5-9,14,16-17H,4,10-13,18H2,1-3H3. The van der Waals surface area contributed by atoms with Crippen LogP contribution in [0, 0.1) is 0 Å². The number of hydrogen-bond donors (Lipinski definition) is 1. The second kappa shape index (κ2) is 7.21. The molecule has 2 N–H and O–H groups in total. The molecule has 1 fully saturated rings. The summed E-state index contributed by atoms with van der Waals surface area (Å²) < 4.78 is 0. The zero-order valence-electron chi connectivity index (χ0n) is 13.1. The van der Waals surface area contributed by atoms with E-state index in [1.165, 1.54) is 38.0 Å². The van der Waals surface area contributed by atoms with Crippen molar-refractivity contribution in [3.63, 3.8) is 0 Å². The van der Waals surface area contributed by atoms with Crippen molar-refractivity contribution in [3.8, 4) is 0 Å². The van der Waals surface area contributed by atoms with Gasteiger partial charge in [-0.2, -0.15) is 0 Å². The van der Waals surface area contributed by atoms with E-state index in [-0.39, 0.29) is 6.04 Å². The molecule has 2 unspecified atom stereocenters. The van der Waals surface area contributed by atoms with Gasteiger partial charge in [-0.05, 0) is 52.0 Å². The molecule has 1 aliphatic rings. The lowest BCUT2D eigenvalue weighted by molar-refractivity contribution is 0.0896.